The Morgan fingerprint density at radius 1 is 1.53 bits per heavy atom. The molecule has 1 aliphatic rings. The number of halogens is 2. The number of nitrogens with one attached hydrogen (secondary N) is 1. The van der Waals surface area contributed by atoms with Crippen LogP contribution in [0.25, 0.3) is 0 Å². The third-order valence-corrected chi connectivity index (χ3v) is 4.30. The van der Waals surface area contributed by atoms with Gasteiger partial charge in [0.25, 0.3) is 5.91 Å². The van der Waals surface area contributed by atoms with E-state index in [9.17, 15) is 4.79 Å². The van der Waals surface area contributed by atoms with Crippen molar-refractivity contribution in [1.82, 2.24) is 5.32 Å². The molecule has 0 aliphatic heterocycles. The van der Waals surface area contributed by atoms with Gasteiger partial charge in [0, 0.05) is 16.9 Å². The molecule has 19 heavy (non-hydrogen) atoms. The SMILES string of the molecule is COc1cc(Br)ccc1C(=O)NCC1(CCCl)CC1. The lowest BCUT2D eigenvalue weighted by atomic mass is 10.0. The van der Waals surface area contributed by atoms with Gasteiger partial charge < -0.3 is 10.1 Å². The maximum Gasteiger partial charge on any atom is 0.255 e. The molecule has 0 atom stereocenters. The lowest BCUT2D eigenvalue weighted by molar-refractivity contribution is 0.0941. The smallest absolute Gasteiger partial charge is 0.255 e. The molecule has 1 fully saturated rings. The molecule has 1 aromatic carbocycles. The van der Waals surface area contributed by atoms with Gasteiger partial charge in [0.15, 0.2) is 0 Å². The number of carbonyl (C=O) groups excluding carboxylic acids is 1. The maximum absolute atomic E-state index is 12.2. The van der Waals surface area contributed by atoms with Crippen LogP contribution in [0.3, 0.4) is 0 Å². The molecule has 2 rings (SSSR count). The fraction of sp³-hybridized carbons (Fsp3) is 0.500. The van der Waals surface area contributed by atoms with Gasteiger partial charge in [-0.25, -0.2) is 0 Å². The predicted molar refractivity (Wildman–Crippen MR) is 80.0 cm³/mol. The fourth-order valence-electron chi connectivity index (χ4n) is 2.11. The summed E-state index contributed by atoms with van der Waals surface area (Å²) in [4.78, 5) is 12.2. The Kier molecular flexibility index (Phi) is 4.74. The van der Waals surface area contributed by atoms with Crippen molar-refractivity contribution in [2.45, 2.75) is 19.3 Å². The second kappa shape index (κ2) is 6.14. The van der Waals surface area contributed by atoms with E-state index in [0.29, 0.717) is 23.7 Å². The largest absolute Gasteiger partial charge is 0.496 e. The topological polar surface area (TPSA) is 38.3 Å². The monoisotopic (exact) mass is 345 g/mol. The van der Waals surface area contributed by atoms with Crippen LogP contribution in [0.1, 0.15) is 29.6 Å². The number of rotatable bonds is 6. The van der Waals surface area contributed by atoms with E-state index in [2.05, 4.69) is 21.2 Å². The minimum Gasteiger partial charge on any atom is -0.496 e. The summed E-state index contributed by atoms with van der Waals surface area (Å²) in [6.07, 6.45) is 3.27. The molecule has 1 amide bonds. The van der Waals surface area contributed by atoms with Gasteiger partial charge in [-0.1, -0.05) is 15.9 Å². The molecule has 0 unspecified atom stereocenters. The summed E-state index contributed by atoms with van der Waals surface area (Å²) in [5.41, 5.74) is 0.799. The standard InChI is InChI=1S/C14H17BrClNO2/c1-19-12-8-10(15)2-3-11(12)13(18)17-9-14(4-5-14)6-7-16/h2-3,8H,4-7,9H2,1H3,(H,17,18). The molecule has 0 bridgehead atoms. The normalized spacial score (nSPS) is 15.9. The van der Waals surface area contributed by atoms with E-state index in [0.717, 1.165) is 23.7 Å². The number of benzene rings is 1. The average molecular weight is 347 g/mol. The number of ether oxygens (including phenoxy) is 1. The van der Waals surface area contributed by atoms with Gasteiger partial charge in [-0.3, -0.25) is 4.79 Å². The summed E-state index contributed by atoms with van der Waals surface area (Å²) < 4.78 is 6.12. The Morgan fingerprint density at radius 2 is 2.26 bits per heavy atom. The van der Waals surface area contributed by atoms with Gasteiger partial charge in [0.05, 0.1) is 12.7 Å². The first kappa shape index (κ1) is 14.7. The Balaban J connectivity index is 2.00. The third-order valence-electron chi connectivity index (χ3n) is 3.61. The quantitative estimate of drug-likeness (QED) is 0.799. The highest BCUT2D eigenvalue weighted by atomic mass is 79.9. The van der Waals surface area contributed by atoms with Crippen molar-refractivity contribution in [2.75, 3.05) is 19.5 Å². The second-order valence-corrected chi connectivity index (χ2v) is 6.26. The Bertz CT molecular complexity index is 475. The molecule has 0 heterocycles. The van der Waals surface area contributed by atoms with Crippen LogP contribution < -0.4 is 10.1 Å². The van der Waals surface area contributed by atoms with Crippen molar-refractivity contribution in [3.63, 3.8) is 0 Å². The van der Waals surface area contributed by atoms with Gasteiger partial charge in [-0.05, 0) is 42.9 Å². The lowest BCUT2D eigenvalue weighted by Gasteiger charge is -2.15. The Labute approximate surface area is 126 Å². The minimum atomic E-state index is -0.0924. The molecule has 1 saturated carbocycles. The molecular formula is C14H17BrClNO2. The van der Waals surface area contributed by atoms with Crippen LogP contribution in [0, 0.1) is 5.41 Å². The van der Waals surface area contributed by atoms with Crippen molar-refractivity contribution in [3.05, 3.63) is 28.2 Å². The van der Waals surface area contributed by atoms with Crippen molar-refractivity contribution in [3.8, 4) is 5.75 Å². The van der Waals surface area contributed by atoms with Crippen molar-refractivity contribution in [2.24, 2.45) is 5.41 Å². The molecule has 0 saturated heterocycles. The zero-order chi connectivity index (χ0) is 13.9. The number of hydrogen-bond donors (Lipinski definition) is 1. The van der Waals surface area contributed by atoms with Crippen molar-refractivity contribution >= 4 is 33.4 Å². The molecule has 104 valence electrons. The van der Waals surface area contributed by atoms with E-state index in [4.69, 9.17) is 16.3 Å². The molecule has 3 nitrogen and oxygen atoms in total. The molecule has 1 aromatic rings. The van der Waals surface area contributed by atoms with Gasteiger partial charge in [-0.15, -0.1) is 11.6 Å². The highest BCUT2D eigenvalue weighted by Crippen LogP contribution is 2.48. The van der Waals surface area contributed by atoms with Crippen LogP contribution in [0.15, 0.2) is 22.7 Å². The highest BCUT2D eigenvalue weighted by Gasteiger charge is 2.41. The van der Waals surface area contributed by atoms with E-state index in [1.54, 1.807) is 19.2 Å². The first-order valence-corrected chi connectivity index (χ1v) is 7.61. The molecule has 5 heteroatoms. The van der Waals surface area contributed by atoms with E-state index < -0.39 is 0 Å². The van der Waals surface area contributed by atoms with Gasteiger partial charge in [0.1, 0.15) is 5.75 Å². The summed E-state index contributed by atoms with van der Waals surface area (Å²) in [5, 5.41) is 2.99. The fourth-order valence-corrected chi connectivity index (χ4v) is 2.85. The number of methoxy groups -OCH3 is 1. The van der Waals surface area contributed by atoms with Crippen LogP contribution >= 0.6 is 27.5 Å². The van der Waals surface area contributed by atoms with Crippen LogP contribution in [-0.4, -0.2) is 25.4 Å². The number of carbonyl (C=O) groups is 1. The van der Waals surface area contributed by atoms with Crippen LogP contribution in [0.2, 0.25) is 0 Å². The summed E-state index contributed by atoms with van der Waals surface area (Å²) in [7, 11) is 1.56. The third kappa shape index (κ3) is 3.63. The summed E-state index contributed by atoms with van der Waals surface area (Å²) in [6.45, 7) is 0.692. The van der Waals surface area contributed by atoms with E-state index in [-0.39, 0.29) is 11.3 Å². The molecule has 1 N–H and O–H groups in total. The first-order valence-electron chi connectivity index (χ1n) is 6.28. The summed E-state index contributed by atoms with van der Waals surface area (Å²) in [6, 6.07) is 5.39. The van der Waals surface area contributed by atoms with Gasteiger partial charge >= 0.3 is 0 Å². The summed E-state index contributed by atoms with van der Waals surface area (Å²) >= 11 is 9.15. The molecule has 1 aliphatic carbocycles. The van der Waals surface area contributed by atoms with Crippen LogP contribution in [-0.2, 0) is 0 Å². The molecular weight excluding hydrogens is 330 g/mol. The zero-order valence-electron chi connectivity index (χ0n) is 10.8. The summed E-state index contributed by atoms with van der Waals surface area (Å²) in [5.74, 6) is 1.14. The number of hydrogen-bond acceptors (Lipinski definition) is 2. The number of amides is 1. The molecule has 0 aromatic heterocycles. The van der Waals surface area contributed by atoms with E-state index >= 15 is 0 Å². The molecule has 0 spiro atoms. The molecule has 0 radical (unpaired) electrons. The second-order valence-electron chi connectivity index (χ2n) is 4.97. The lowest BCUT2D eigenvalue weighted by Crippen LogP contribution is -2.30. The van der Waals surface area contributed by atoms with Crippen LogP contribution in [0.4, 0.5) is 0 Å². The Morgan fingerprint density at radius 3 is 2.84 bits per heavy atom. The van der Waals surface area contributed by atoms with Gasteiger partial charge in [0.2, 0.25) is 0 Å². The zero-order valence-corrected chi connectivity index (χ0v) is 13.2. The average Bonchev–Trinajstić information content (AvgIpc) is 3.16. The Hall–Kier alpha value is -0.740. The number of alkyl halides is 1. The minimum absolute atomic E-state index is 0.0924. The maximum atomic E-state index is 12.2. The van der Waals surface area contributed by atoms with E-state index in [1.807, 2.05) is 6.07 Å². The van der Waals surface area contributed by atoms with Gasteiger partial charge in [-0.2, -0.15) is 0 Å². The van der Waals surface area contributed by atoms with Crippen molar-refractivity contribution in [1.29, 1.82) is 0 Å². The van der Waals surface area contributed by atoms with Crippen molar-refractivity contribution < 1.29 is 9.53 Å². The van der Waals surface area contributed by atoms with E-state index in [1.165, 1.54) is 0 Å². The predicted octanol–water partition coefficient (Wildman–Crippen LogP) is 3.60. The highest BCUT2D eigenvalue weighted by molar-refractivity contribution is 9.10. The first-order chi connectivity index (χ1) is 9.10. The van der Waals surface area contributed by atoms with Crippen LogP contribution in [0.5, 0.6) is 5.75 Å².